The van der Waals surface area contributed by atoms with Crippen molar-refractivity contribution in [2.45, 2.75) is 39.4 Å². The maximum Gasteiger partial charge on any atom is 0.200 e. The van der Waals surface area contributed by atoms with E-state index in [0.29, 0.717) is 19.0 Å². The van der Waals surface area contributed by atoms with Gasteiger partial charge in [-0.2, -0.15) is 5.21 Å². The van der Waals surface area contributed by atoms with Crippen LogP contribution in [0.1, 0.15) is 37.7 Å². The summed E-state index contributed by atoms with van der Waals surface area (Å²) in [6.45, 7) is 7.54. The van der Waals surface area contributed by atoms with Gasteiger partial charge in [0.25, 0.3) is 0 Å². The Labute approximate surface area is 107 Å². The predicted octanol–water partition coefficient (Wildman–Crippen LogP) is 2.21. The smallest absolute Gasteiger partial charge is 0.200 e. The van der Waals surface area contributed by atoms with Crippen molar-refractivity contribution in [3.63, 3.8) is 0 Å². The van der Waals surface area contributed by atoms with Crippen LogP contribution in [-0.4, -0.2) is 20.6 Å². The van der Waals surface area contributed by atoms with Crippen molar-refractivity contribution in [1.29, 1.82) is 0 Å². The van der Waals surface area contributed by atoms with Gasteiger partial charge in [-0.3, -0.25) is 0 Å². The Bertz CT molecular complexity index is 471. The molecule has 0 aliphatic carbocycles. The molecule has 0 spiro atoms. The van der Waals surface area contributed by atoms with Crippen LogP contribution in [0.4, 0.5) is 0 Å². The van der Waals surface area contributed by atoms with Crippen LogP contribution in [0.3, 0.4) is 0 Å². The molecule has 1 aromatic heterocycles. The maximum atomic E-state index is 5.50. The van der Waals surface area contributed by atoms with Crippen molar-refractivity contribution >= 4 is 0 Å². The number of aromatic nitrogens is 4. The third kappa shape index (κ3) is 3.37. The molecule has 0 unspecified atom stereocenters. The molecule has 0 bridgehead atoms. The minimum atomic E-state index is 0.185. The number of nitrogens with zero attached hydrogens (tertiary/aromatic N) is 3. The zero-order valence-corrected chi connectivity index (χ0v) is 11.0. The van der Waals surface area contributed by atoms with Gasteiger partial charge < -0.3 is 4.74 Å². The zero-order chi connectivity index (χ0) is 13.0. The standard InChI is InChI=1S/C13H18N4O/c1-13(2,3)11-6-4-10(5-7-11)8-18-9-12-14-16-17-15-12/h4-7H,8-9H2,1-3H3,(H,14,15,16,17). The van der Waals surface area contributed by atoms with E-state index in [2.05, 4.69) is 65.7 Å². The Balaban J connectivity index is 1.87. The lowest BCUT2D eigenvalue weighted by Crippen LogP contribution is -2.10. The Morgan fingerprint density at radius 3 is 2.39 bits per heavy atom. The normalized spacial score (nSPS) is 11.7. The Kier molecular flexibility index (Phi) is 3.72. The van der Waals surface area contributed by atoms with Crippen molar-refractivity contribution in [3.8, 4) is 0 Å². The second-order valence-electron chi connectivity index (χ2n) is 5.27. The highest BCUT2D eigenvalue weighted by Gasteiger charge is 2.12. The number of aromatic amines is 1. The summed E-state index contributed by atoms with van der Waals surface area (Å²) in [5.74, 6) is 0.571. The second kappa shape index (κ2) is 5.27. The molecule has 1 heterocycles. The highest BCUT2D eigenvalue weighted by molar-refractivity contribution is 5.27. The first-order valence-electron chi connectivity index (χ1n) is 5.95. The molecule has 18 heavy (non-hydrogen) atoms. The maximum absolute atomic E-state index is 5.50. The molecule has 2 rings (SSSR count). The van der Waals surface area contributed by atoms with Crippen molar-refractivity contribution in [1.82, 2.24) is 20.6 Å². The largest absolute Gasteiger partial charge is 0.369 e. The lowest BCUT2D eigenvalue weighted by Gasteiger charge is -2.19. The summed E-state index contributed by atoms with van der Waals surface area (Å²) in [7, 11) is 0. The highest BCUT2D eigenvalue weighted by atomic mass is 16.5. The third-order valence-corrected chi connectivity index (χ3v) is 2.71. The average Bonchev–Trinajstić information content (AvgIpc) is 2.82. The quantitative estimate of drug-likeness (QED) is 0.898. The van der Waals surface area contributed by atoms with E-state index in [1.807, 2.05) is 0 Å². The van der Waals surface area contributed by atoms with Crippen LogP contribution in [0.5, 0.6) is 0 Å². The van der Waals surface area contributed by atoms with Gasteiger partial charge in [0.2, 0.25) is 0 Å². The Morgan fingerprint density at radius 2 is 1.83 bits per heavy atom. The fraction of sp³-hybridized carbons (Fsp3) is 0.462. The number of hydrogen-bond donors (Lipinski definition) is 1. The molecule has 0 saturated heterocycles. The van der Waals surface area contributed by atoms with Gasteiger partial charge in [0.15, 0.2) is 5.82 Å². The number of ether oxygens (including phenoxy) is 1. The summed E-state index contributed by atoms with van der Waals surface area (Å²) in [6, 6.07) is 8.48. The molecule has 0 aliphatic heterocycles. The van der Waals surface area contributed by atoms with Crippen LogP contribution in [0.2, 0.25) is 0 Å². The first-order valence-corrected chi connectivity index (χ1v) is 5.95. The van der Waals surface area contributed by atoms with Gasteiger partial charge in [-0.1, -0.05) is 50.3 Å². The molecule has 1 N–H and O–H groups in total. The molecule has 0 fully saturated rings. The van der Waals surface area contributed by atoms with Gasteiger partial charge in [0.1, 0.15) is 6.61 Å². The van der Waals surface area contributed by atoms with Gasteiger partial charge in [0.05, 0.1) is 6.61 Å². The SMILES string of the molecule is CC(C)(C)c1ccc(COCc2nn[nH]n2)cc1. The lowest BCUT2D eigenvalue weighted by molar-refractivity contribution is 0.102. The number of tetrazole rings is 1. The number of benzene rings is 1. The van der Waals surface area contributed by atoms with Crippen LogP contribution in [0.15, 0.2) is 24.3 Å². The fourth-order valence-corrected chi connectivity index (χ4v) is 1.60. The molecule has 96 valence electrons. The summed E-state index contributed by atoms with van der Waals surface area (Å²) in [5, 5.41) is 13.5. The lowest BCUT2D eigenvalue weighted by atomic mass is 9.87. The Morgan fingerprint density at radius 1 is 1.11 bits per heavy atom. The van der Waals surface area contributed by atoms with Gasteiger partial charge in [-0.25, -0.2) is 0 Å². The summed E-state index contributed by atoms with van der Waals surface area (Å²) in [6.07, 6.45) is 0. The molecule has 2 aromatic rings. The van der Waals surface area contributed by atoms with Crippen LogP contribution >= 0.6 is 0 Å². The van der Waals surface area contributed by atoms with Crippen molar-refractivity contribution in [3.05, 3.63) is 41.2 Å². The molecular formula is C13H18N4O. The van der Waals surface area contributed by atoms with E-state index in [9.17, 15) is 0 Å². The van der Waals surface area contributed by atoms with Gasteiger partial charge in [-0.15, -0.1) is 10.2 Å². The van der Waals surface area contributed by atoms with Gasteiger partial charge >= 0.3 is 0 Å². The van der Waals surface area contributed by atoms with Crippen molar-refractivity contribution < 1.29 is 4.74 Å². The van der Waals surface area contributed by atoms with Crippen LogP contribution in [0, 0.1) is 0 Å². The van der Waals surface area contributed by atoms with E-state index in [-0.39, 0.29) is 5.41 Å². The van der Waals surface area contributed by atoms with Gasteiger partial charge in [0, 0.05) is 0 Å². The number of nitrogens with one attached hydrogen (secondary N) is 1. The second-order valence-corrected chi connectivity index (χ2v) is 5.27. The number of H-pyrrole nitrogens is 1. The van der Waals surface area contributed by atoms with E-state index in [1.54, 1.807) is 0 Å². The van der Waals surface area contributed by atoms with Crippen LogP contribution in [-0.2, 0) is 23.4 Å². The van der Waals surface area contributed by atoms with Crippen molar-refractivity contribution in [2.75, 3.05) is 0 Å². The van der Waals surface area contributed by atoms with Crippen molar-refractivity contribution in [2.24, 2.45) is 0 Å². The van der Waals surface area contributed by atoms with E-state index in [4.69, 9.17) is 4.74 Å². The third-order valence-electron chi connectivity index (χ3n) is 2.71. The van der Waals surface area contributed by atoms with E-state index < -0.39 is 0 Å². The van der Waals surface area contributed by atoms with E-state index in [1.165, 1.54) is 5.56 Å². The predicted molar refractivity (Wildman–Crippen MR) is 67.8 cm³/mol. The first kappa shape index (κ1) is 12.7. The molecule has 1 aromatic carbocycles. The summed E-state index contributed by atoms with van der Waals surface area (Å²) >= 11 is 0. The molecular weight excluding hydrogens is 228 g/mol. The molecule has 5 nitrogen and oxygen atoms in total. The Hall–Kier alpha value is -1.75. The van der Waals surface area contributed by atoms with Crippen LogP contribution in [0.25, 0.3) is 0 Å². The molecule has 0 saturated carbocycles. The van der Waals surface area contributed by atoms with E-state index >= 15 is 0 Å². The molecule has 0 amide bonds. The highest BCUT2D eigenvalue weighted by Crippen LogP contribution is 2.22. The fourth-order valence-electron chi connectivity index (χ4n) is 1.60. The van der Waals surface area contributed by atoms with E-state index in [0.717, 1.165) is 5.56 Å². The molecule has 0 atom stereocenters. The number of rotatable bonds is 4. The zero-order valence-electron chi connectivity index (χ0n) is 11.0. The number of hydrogen-bond acceptors (Lipinski definition) is 4. The minimum absolute atomic E-state index is 0.185. The molecule has 5 heteroatoms. The minimum Gasteiger partial charge on any atom is -0.369 e. The topological polar surface area (TPSA) is 63.7 Å². The average molecular weight is 246 g/mol. The van der Waals surface area contributed by atoms with Gasteiger partial charge in [-0.05, 0) is 16.5 Å². The summed E-state index contributed by atoms with van der Waals surface area (Å²) in [5.41, 5.74) is 2.65. The summed E-state index contributed by atoms with van der Waals surface area (Å²) in [4.78, 5) is 0. The molecule has 0 aliphatic rings. The van der Waals surface area contributed by atoms with Crippen LogP contribution < -0.4 is 0 Å². The first-order chi connectivity index (χ1) is 8.55. The summed E-state index contributed by atoms with van der Waals surface area (Å²) < 4.78 is 5.50. The molecule has 0 radical (unpaired) electrons. The monoisotopic (exact) mass is 246 g/mol.